The maximum Gasteiger partial charge on any atom is 0.325 e. The predicted molar refractivity (Wildman–Crippen MR) is 87.6 cm³/mol. The summed E-state index contributed by atoms with van der Waals surface area (Å²) in [4.78, 5) is 16.0. The molecular formula is C17H26FN3O2. The van der Waals surface area contributed by atoms with Gasteiger partial charge in [0.25, 0.3) is 0 Å². The Labute approximate surface area is 136 Å². The number of hydrogen-bond donors (Lipinski definition) is 2. The topological polar surface area (TPSA) is 69.8 Å². The van der Waals surface area contributed by atoms with Crippen molar-refractivity contribution in [2.75, 3.05) is 26.2 Å². The normalized spacial score (nSPS) is 20.2. The van der Waals surface area contributed by atoms with Crippen molar-refractivity contribution in [2.24, 2.45) is 5.73 Å². The monoisotopic (exact) mass is 323 g/mol. The highest BCUT2D eigenvalue weighted by atomic mass is 19.1. The fourth-order valence-corrected chi connectivity index (χ4v) is 3.02. The third-order valence-electron chi connectivity index (χ3n) is 5.00. The Morgan fingerprint density at radius 3 is 2.13 bits per heavy atom. The largest absolute Gasteiger partial charge is 0.480 e. The number of piperazine rings is 1. The second-order valence-electron chi connectivity index (χ2n) is 6.99. The average Bonchev–Trinajstić information content (AvgIpc) is 2.48. The van der Waals surface area contributed by atoms with E-state index in [0.717, 1.165) is 25.2 Å². The van der Waals surface area contributed by atoms with Crippen LogP contribution in [-0.2, 0) is 11.3 Å². The van der Waals surface area contributed by atoms with Gasteiger partial charge in [0.1, 0.15) is 11.4 Å². The smallest absolute Gasteiger partial charge is 0.325 e. The van der Waals surface area contributed by atoms with E-state index in [0.29, 0.717) is 13.1 Å². The van der Waals surface area contributed by atoms with E-state index in [1.807, 2.05) is 4.90 Å². The van der Waals surface area contributed by atoms with Gasteiger partial charge in [0, 0.05) is 38.3 Å². The zero-order valence-electron chi connectivity index (χ0n) is 14.1. The molecule has 3 N–H and O–H groups in total. The van der Waals surface area contributed by atoms with Gasteiger partial charge in [0.2, 0.25) is 0 Å². The van der Waals surface area contributed by atoms with Crippen molar-refractivity contribution in [1.82, 2.24) is 9.80 Å². The zero-order valence-corrected chi connectivity index (χ0v) is 14.1. The molecule has 1 aliphatic heterocycles. The second kappa shape index (κ2) is 6.55. The Hall–Kier alpha value is -1.50. The van der Waals surface area contributed by atoms with E-state index in [1.54, 1.807) is 32.9 Å². The highest BCUT2D eigenvalue weighted by Gasteiger charge is 2.50. The number of benzene rings is 1. The summed E-state index contributed by atoms with van der Waals surface area (Å²) in [5.41, 5.74) is 5.25. The molecule has 0 aromatic heterocycles. The molecule has 1 heterocycles. The molecule has 1 aromatic carbocycles. The van der Waals surface area contributed by atoms with Crippen LogP contribution in [0.2, 0.25) is 0 Å². The Morgan fingerprint density at radius 2 is 1.70 bits per heavy atom. The molecule has 0 bridgehead atoms. The average molecular weight is 323 g/mol. The minimum absolute atomic E-state index is 0.235. The van der Waals surface area contributed by atoms with Crippen molar-refractivity contribution < 1.29 is 14.3 Å². The van der Waals surface area contributed by atoms with Crippen molar-refractivity contribution in [2.45, 2.75) is 38.4 Å². The molecule has 0 saturated carbocycles. The molecule has 0 amide bonds. The van der Waals surface area contributed by atoms with Crippen molar-refractivity contribution in [1.29, 1.82) is 0 Å². The molecule has 23 heavy (non-hydrogen) atoms. The molecule has 1 aromatic rings. The lowest BCUT2D eigenvalue weighted by molar-refractivity contribution is -0.156. The molecule has 5 nitrogen and oxygen atoms in total. The molecule has 1 atom stereocenters. The van der Waals surface area contributed by atoms with Gasteiger partial charge in [-0.25, -0.2) is 4.39 Å². The second-order valence-corrected chi connectivity index (χ2v) is 6.99. The van der Waals surface area contributed by atoms with Crippen LogP contribution >= 0.6 is 0 Å². The number of rotatable bonds is 5. The summed E-state index contributed by atoms with van der Waals surface area (Å²) in [6.07, 6.45) is 0. The molecule has 1 saturated heterocycles. The molecule has 1 aliphatic rings. The number of hydrogen-bond acceptors (Lipinski definition) is 4. The first kappa shape index (κ1) is 17.8. The third-order valence-corrected chi connectivity index (χ3v) is 5.00. The summed E-state index contributed by atoms with van der Waals surface area (Å²) < 4.78 is 12.9. The van der Waals surface area contributed by atoms with Crippen molar-refractivity contribution >= 4 is 5.97 Å². The molecule has 2 rings (SSSR count). The van der Waals surface area contributed by atoms with Gasteiger partial charge in [0.15, 0.2) is 0 Å². The number of carbonyl (C=O) groups is 1. The van der Waals surface area contributed by atoms with E-state index in [2.05, 4.69) is 4.90 Å². The predicted octanol–water partition coefficient (Wildman–Crippen LogP) is 1.52. The third kappa shape index (κ3) is 3.71. The Morgan fingerprint density at radius 1 is 1.17 bits per heavy atom. The van der Waals surface area contributed by atoms with Gasteiger partial charge in [0.05, 0.1) is 0 Å². The van der Waals surface area contributed by atoms with Gasteiger partial charge >= 0.3 is 5.97 Å². The zero-order chi connectivity index (χ0) is 17.3. The highest BCUT2D eigenvalue weighted by molar-refractivity contribution is 5.80. The summed E-state index contributed by atoms with van der Waals surface area (Å²) >= 11 is 0. The van der Waals surface area contributed by atoms with E-state index >= 15 is 0 Å². The summed E-state index contributed by atoms with van der Waals surface area (Å²) in [6.45, 7) is 8.76. The van der Waals surface area contributed by atoms with Crippen LogP contribution in [0.25, 0.3) is 0 Å². The Bertz CT molecular complexity index is 548. The number of nitrogens with zero attached hydrogens (tertiary/aromatic N) is 2. The van der Waals surface area contributed by atoms with Crippen LogP contribution in [0.3, 0.4) is 0 Å². The van der Waals surface area contributed by atoms with Gasteiger partial charge in [-0.2, -0.15) is 0 Å². The van der Waals surface area contributed by atoms with E-state index in [-0.39, 0.29) is 5.82 Å². The molecule has 0 spiro atoms. The van der Waals surface area contributed by atoms with E-state index in [4.69, 9.17) is 5.73 Å². The lowest BCUT2D eigenvalue weighted by atomic mass is 9.79. The summed E-state index contributed by atoms with van der Waals surface area (Å²) in [5.74, 6) is -1.13. The van der Waals surface area contributed by atoms with E-state index in [9.17, 15) is 14.3 Å². The molecule has 0 unspecified atom stereocenters. The first-order valence-corrected chi connectivity index (χ1v) is 7.89. The van der Waals surface area contributed by atoms with Crippen LogP contribution in [0.4, 0.5) is 4.39 Å². The Balaban J connectivity index is 2.00. The maximum absolute atomic E-state index is 12.9. The van der Waals surface area contributed by atoms with Crippen molar-refractivity contribution in [3.05, 3.63) is 35.6 Å². The fraction of sp³-hybridized carbons (Fsp3) is 0.588. The minimum atomic E-state index is -1.10. The molecule has 0 aliphatic carbocycles. The van der Waals surface area contributed by atoms with E-state index in [1.165, 1.54) is 12.1 Å². The van der Waals surface area contributed by atoms with E-state index < -0.39 is 17.0 Å². The number of carboxylic acids is 1. The van der Waals surface area contributed by atoms with Gasteiger partial charge in [-0.05, 0) is 38.5 Å². The molecular weight excluding hydrogens is 297 g/mol. The fourth-order valence-electron chi connectivity index (χ4n) is 3.02. The Kier molecular flexibility index (Phi) is 5.08. The highest BCUT2D eigenvalue weighted by Crippen LogP contribution is 2.28. The number of halogens is 1. The standard InChI is InChI=1S/C17H26FN3O2/c1-16(2,19)17(3,15(22)23)21-10-8-20(9-11-21)12-13-4-6-14(18)7-5-13/h4-7H,8-12,19H2,1-3H3,(H,22,23)/t17-/m1/s1. The van der Waals surface area contributed by atoms with Gasteiger partial charge < -0.3 is 10.8 Å². The van der Waals surface area contributed by atoms with Crippen LogP contribution in [0.15, 0.2) is 24.3 Å². The summed E-state index contributed by atoms with van der Waals surface area (Å²) in [7, 11) is 0. The lowest BCUT2D eigenvalue weighted by Crippen LogP contribution is -2.71. The number of nitrogens with two attached hydrogens (primary N) is 1. The first-order valence-electron chi connectivity index (χ1n) is 7.89. The summed E-state index contributed by atoms with van der Waals surface area (Å²) in [5, 5.41) is 9.68. The molecule has 6 heteroatoms. The van der Waals surface area contributed by atoms with Crippen LogP contribution < -0.4 is 5.73 Å². The maximum atomic E-state index is 12.9. The SMILES string of the molecule is CC(C)(N)[C@@](C)(C(=O)O)N1CCN(Cc2ccc(F)cc2)CC1. The molecule has 0 radical (unpaired) electrons. The quantitative estimate of drug-likeness (QED) is 0.860. The van der Waals surface area contributed by atoms with Crippen LogP contribution in [0.1, 0.15) is 26.3 Å². The molecule has 1 fully saturated rings. The van der Waals surface area contributed by atoms with Crippen molar-refractivity contribution in [3.63, 3.8) is 0 Å². The van der Waals surface area contributed by atoms with Crippen LogP contribution in [0.5, 0.6) is 0 Å². The minimum Gasteiger partial charge on any atom is -0.480 e. The van der Waals surface area contributed by atoms with Gasteiger partial charge in [-0.3, -0.25) is 14.6 Å². The van der Waals surface area contributed by atoms with Crippen LogP contribution in [-0.4, -0.2) is 58.1 Å². The number of aliphatic carboxylic acids is 1. The van der Waals surface area contributed by atoms with Gasteiger partial charge in [-0.15, -0.1) is 0 Å². The van der Waals surface area contributed by atoms with Crippen molar-refractivity contribution in [3.8, 4) is 0 Å². The first-order chi connectivity index (χ1) is 10.6. The lowest BCUT2D eigenvalue weighted by Gasteiger charge is -2.49. The van der Waals surface area contributed by atoms with Gasteiger partial charge in [-0.1, -0.05) is 12.1 Å². The van der Waals surface area contributed by atoms with Crippen LogP contribution in [0, 0.1) is 5.82 Å². The number of carboxylic acid groups (broad SMARTS) is 1. The summed E-state index contributed by atoms with van der Waals surface area (Å²) in [6, 6.07) is 6.49. The molecule has 128 valence electrons.